The van der Waals surface area contributed by atoms with Gasteiger partial charge in [-0.2, -0.15) is 0 Å². The molecule has 0 aromatic heterocycles. The molecule has 0 unspecified atom stereocenters. The maximum absolute atomic E-state index is 5.68. The number of hydrogen-bond donors (Lipinski definition) is 0. The van der Waals surface area contributed by atoms with Gasteiger partial charge in [0.15, 0.2) is 0 Å². The van der Waals surface area contributed by atoms with Crippen molar-refractivity contribution in [3.63, 3.8) is 0 Å². The van der Waals surface area contributed by atoms with Gasteiger partial charge in [-0.3, -0.25) is 0 Å². The predicted molar refractivity (Wildman–Crippen MR) is 263 cm³/mol. The molecule has 10 aromatic rings. The second-order valence-electron chi connectivity index (χ2n) is 18.0. The third-order valence-corrected chi connectivity index (χ3v) is 13.6. The molecule has 4 heteroatoms. The first-order valence-electron chi connectivity index (χ1n) is 21.9. The van der Waals surface area contributed by atoms with Crippen LogP contribution in [0.4, 0.5) is 34.1 Å². The molecule has 1 aliphatic rings. The summed E-state index contributed by atoms with van der Waals surface area (Å²) in [5, 5.41) is 12.8. The standard InChI is InChI=1S/C58H50N2O2/c1-36(2)50-35-54(60(43-21-25-47(62-6)26-22-43)45-18-16-38-12-8-10-14-40(38)32-45)51-34-52-55-41(29-30-58(52,3)4)33-53(49-28-27-48(50)56(51)57(49)55)59(42-19-23-46(61-5)24-20-42)44-17-15-37-11-7-9-13-39(37)31-44/h7-28,31-36H,29-30H2,1-6H3. The molecule has 0 saturated carbocycles. The Bertz CT molecular complexity index is 3330. The fourth-order valence-corrected chi connectivity index (χ4v) is 10.3. The molecule has 4 nitrogen and oxygen atoms in total. The number of rotatable bonds is 9. The van der Waals surface area contributed by atoms with Crippen LogP contribution in [0.5, 0.6) is 11.5 Å². The van der Waals surface area contributed by atoms with Crippen molar-refractivity contribution in [2.75, 3.05) is 24.0 Å². The number of benzene rings is 10. The highest BCUT2D eigenvalue weighted by Gasteiger charge is 2.34. The van der Waals surface area contributed by atoms with Crippen LogP contribution >= 0.6 is 0 Å². The van der Waals surface area contributed by atoms with Gasteiger partial charge in [0.2, 0.25) is 0 Å². The molecule has 0 N–H and O–H groups in total. The lowest BCUT2D eigenvalue weighted by molar-refractivity contribution is 0.414. The third kappa shape index (κ3) is 6.03. The van der Waals surface area contributed by atoms with E-state index >= 15 is 0 Å². The minimum Gasteiger partial charge on any atom is -0.497 e. The minimum atomic E-state index is -0.0306. The molecule has 0 aliphatic heterocycles. The molecule has 0 saturated heterocycles. The lowest BCUT2D eigenvalue weighted by Crippen LogP contribution is -2.24. The maximum atomic E-state index is 5.68. The van der Waals surface area contributed by atoms with E-state index in [9.17, 15) is 0 Å². The van der Waals surface area contributed by atoms with Crippen LogP contribution in [0.15, 0.2) is 164 Å². The lowest BCUT2D eigenvalue weighted by atomic mass is 9.70. The monoisotopic (exact) mass is 806 g/mol. The van der Waals surface area contributed by atoms with Crippen LogP contribution in [-0.2, 0) is 11.8 Å². The van der Waals surface area contributed by atoms with Crippen molar-refractivity contribution in [2.45, 2.75) is 51.9 Å². The van der Waals surface area contributed by atoms with Crippen LogP contribution in [0.25, 0.3) is 53.9 Å². The van der Waals surface area contributed by atoms with E-state index in [0.29, 0.717) is 0 Å². The average molecular weight is 807 g/mol. The van der Waals surface area contributed by atoms with Gasteiger partial charge in [-0.25, -0.2) is 0 Å². The smallest absolute Gasteiger partial charge is 0.119 e. The van der Waals surface area contributed by atoms with E-state index in [4.69, 9.17) is 9.47 Å². The first-order chi connectivity index (χ1) is 30.2. The number of ether oxygens (including phenoxy) is 2. The summed E-state index contributed by atoms with van der Waals surface area (Å²) < 4.78 is 11.4. The average Bonchev–Trinajstić information content (AvgIpc) is 3.30. The summed E-state index contributed by atoms with van der Waals surface area (Å²) in [6.07, 6.45) is 2.07. The largest absolute Gasteiger partial charge is 0.497 e. The fourth-order valence-electron chi connectivity index (χ4n) is 10.3. The third-order valence-electron chi connectivity index (χ3n) is 13.6. The molecule has 1 aliphatic carbocycles. The van der Waals surface area contributed by atoms with Crippen LogP contribution in [-0.4, -0.2) is 14.2 Å². The molecule has 0 heterocycles. The first kappa shape index (κ1) is 37.9. The van der Waals surface area contributed by atoms with E-state index in [1.165, 1.54) is 81.9 Å². The normalized spacial score (nSPS) is 13.5. The minimum absolute atomic E-state index is 0.0306. The molecule has 0 atom stereocenters. The molecule has 0 bridgehead atoms. The van der Waals surface area contributed by atoms with Gasteiger partial charge < -0.3 is 19.3 Å². The molecule has 62 heavy (non-hydrogen) atoms. The fraction of sp³-hybridized carbons (Fsp3) is 0.172. The zero-order valence-corrected chi connectivity index (χ0v) is 36.3. The number of anilines is 6. The molecule has 0 amide bonds. The van der Waals surface area contributed by atoms with Crippen LogP contribution in [0.2, 0.25) is 0 Å². The summed E-state index contributed by atoms with van der Waals surface area (Å²) in [6.45, 7) is 9.56. The summed E-state index contributed by atoms with van der Waals surface area (Å²) in [4.78, 5) is 4.95. The van der Waals surface area contributed by atoms with Crippen molar-refractivity contribution in [2.24, 2.45) is 0 Å². The maximum Gasteiger partial charge on any atom is 0.119 e. The van der Waals surface area contributed by atoms with Gasteiger partial charge in [0.1, 0.15) is 11.5 Å². The Hall–Kier alpha value is -7.04. The summed E-state index contributed by atoms with van der Waals surface area (Å²) in [7, 11) is 3.47. The number of hydrogen-bond acceptors (Lipinski definition) is 4. The highest BCUT2D eigenvalue weighted by Crippen LogP contribution is 2.54. The molecule has 10 aromatic carbocycles. The second-order valence-corrected chi connectivity index (χ2v) is 18.0. The molecular formula is C58H50N2O2. The quantitative estimate of drug-likeness (QED) is 0.136. The van der Waals surface area contributed by atoms with Crippen LogP contribution in [0.3, 0.4) is 0 Å². The van der Waals surface area contributed by atoms with E-state index in [1.807, 2.05) is 0 Å². The van der Waals surface area contributed by atoms with Crippen LogP contribution in [0, 0.1) is 0 Å². The second kappa shape index (κ2) is 14.6. The van der Waals surface area contributed by atoms with E-state index in [-0.39, 0.29) is 11.3 Å². The van der Waals surface area contributed by atoms with Gasteiger partial charge in [-0.1, -0.05) is 100 Å². The first-order valence-corrected chi connectivity index (χ1v) is 21.9. The number of methoxy groups -OCH3 is 2. The van der Waals surface area contributed by atoms with E-state index in [0.717, 1.165) is 47.1 Å². The Balaban J connectivity index is 1.27. The van der Waals surface area contributed by atoms with Gasteiger partial charge in [0.05, 0.1) is 25.6 Å². The van der Waals surface area contributed by atoms with Crippen molar-refractivity contribution < 1.29 is 9.47 Å². The van der Waals surface area contributed by atoms with Gasteiger partial charge in [0, 0.05) is 38.9 Å². The van der Waals surface area contributed by atoms with E-state index in [2.05, 4.69) is 201 Å². The van der Waals surface area contributed by atoms with Crippen molar-refractivity contribution in [3.05, 3.63) is 180 Å². The summed E-state index contributed by atoms with van der Waals surface area (Å²) in [5.41, 5.74) is 10.9. The topological polar surface area (TPSA) is 24.9 Å². The Morgan fingerprint density at radius 3 is 1.50 bits per heavy atom. The molecule has 304 valence electrons. The Morgan fingerprint density at radius 1 is 0.468 bits per heavy atom. The number of aryl methyl sites for hydroxylation is 1. The molecule has 11 rings (SSSR count). The molecule has 0 spiro atoms. The Morgan fingerprint density at radius 2 is 0.968 bits per heavy atom. The van der Waals surface area contributed by atoms with Crippen molar-refractivity contribution in [1.29, 1.82) is 0 Å². The van der Waals surface area contributed by atoms with Gasteiger partial charge in [0.25, 0.3) is 0 Å². The summed E-state index contributed by atoms with van der Waals surface area (Å²) >= 11 is 0. The highest BCUT2D eigenvalue weighted by molar-refractivity contribution is 6.30. The van der Waals surface area contributed by atoms with E-state index in [1.54, 1.807) is 14.2 Å². The molecule has 0 radical (unpaired) electrons. The lowest BCUT2D eigenvalue weighted by Gasteiger charge is -2.37. The highest BCUT2D eigenvalue weighted by atomic mass is 16.5. The van der Waals surface area contributed by atoms with Gasteiger partial charge in [-0.05, 0) is 170 Å². The zero-order chi connectivity index (χ0) is 42.3. The zero-order valence-electron chi connectivity index (χ0n) is 36.3. The van der Waals surface area contributed by atoms with Gasteiger partial charge >= 0.3 is 0 Å². The van der Waals surface area contributed by atoms with Crippen LogP contribution in [0.1, 0.15) is 56.7 Å². The number of nitrogens with zero attached hydrogens (tertiary/aromatic N) is 2. The Labute approximate surface area is 363 Å². The molecular weight excluding hydrogens is 757 g/mol. The van der Waals surface area contributed by atoms with Crippen molar-refractivity contribution in [1.82, 2.24) is 0 Å². The van der Waals surface area contributed by atoms with Crippen molar-refractivity contribution >= 4 is 88.0 Å². The Kier molecular flexibility index (Phi) is 8.90. The SMILES string of the molecule is COc1ccc(N(c2ccc3ccccc3c2)c2cc(C(C)C)c3ccc4c(N(c5ccc(OC)cc5)c5ccc6ccccc6c5)cc5c6c(cc2c3c46)C(C)(C)CC5)cc1. The predicted octanol–water partition coefficient (Wildman–Crippen LogP) is 16.2. The van der Waals surface area contributed by atoms with Crippen LogP contribution < -0.4 is 19.3 Å². The van der Waals surface area contributed by atoms with Gasteiger partial charge in [-0.15, -0.1) is 0 Å². The summed E-state index contributed by atoms with van der Waals surface area (Å²) in [6, 6.07) is 60.5. The van der Waals surface area contributed by atoms with E-state index < -0.39 is 0 Å². The number of fused-ring (bicyclic) bond motifs is 2. The summed E-state index contributed by atoms with van der Waals surface area (Å²) in [5.74, 6) is 1.96. The van der Waals surface area contributed by atoms with Crippen molar-refractivity contribution in [3.8, 4) is 11.5 Å². The molecule has 0 fully saturated rings.